The lowest BCUT2D eigenvalue weighted by Gasteiger charge is -2.15. The van der Waals surface area contributed by atoms with Gasteiger partial charge in [0.25, 0.3) is 0 Å². The van der Waals surface area contributed by atoms with Gasteiger partial charge in [0, 0.05) is 6.04 Å². The average molecular weight is 376 g/mol. The van der Waals surface area contributed by atoms with Crippen LogP contribution in [0.1, 0.15) is 18.5 Å². The minimum absolute atomic E-state index is 0.190. The van der Waals surface area contributed by atoms with Crippen LogP contribution in [0.4, 0.5) is 8.78 Å². The quantitative estimate of drug-likeness (QED) is 0.827. The lowest BCUT2D eigenvalue weighted by molar-refractivity contribution is 0.504. The molecule has 10 heteroatoms. The maximum absolute atomic E-state index is 13.2. The number of sulfonamides is 2. The Labute approximate surface area is 138 Å². The normalized spacial score (nSPS) is 13.7. The van der Waals surface area contributed by atoms with Crippen LogP contribution in [-0.2, 0) is 20.0 Å². The molecule has 0 aliphatic carbocycles. The first-order valence-electron chi connectivity index (χ1n) is 6.61. The summed E-state index contributed by atoms with van der Waals surface area (Å²) >= 11 is 0. The zero-order valence-electron chi connectivity index (χ0n) is 12.4. The summed E-state index contributed by atoms with van der Waals surface area (Å²) in [6.07, 6.45) is 0. The molecule has 0 saturated heterocycles. The number of nitrogens with one attached hydrogen (secondary N) is 1. The molecule has 2 aromatic rings. The van der Waals surface area contributed by atoms with Crippen LogP contribution in [0, 0.1) is 11.6 Å². The highest BCUT2D eigenvalue weighted by Gasteiger charge is 2.20. The molecule has 1 atom stereocenters. The van der Waals surface area contributed by atoms with Crippen molar-refractivity contribution in [3.63, 3.8) is 0 Å². The second kappa shape index (κ2) is 6.55. The van der Waals surface area contributed by atoms with Crippen molar-refractivity contribution in [1.29, 1.82) is 0 Å². The maximum atomic E-state index is 13.2. The summed E-state index contributed by atoms with van der Waals surface area (Å²) in [5, 5.41) is 4.94. The van der Waals surface area contributed by atoms with E-state index in [2.05, 4.69) is 4.72 Å². The fourth-order valence-corrected chi connectivity index (χ4v) is 3.71. The van der Waals surface area contributed by atoms with Gasteiger partial charge in [-0.1, -0.05) is 6.07 Å². The molecule has 6 nitrogen and oxygen atoms in total. The van der Waals surface area contributed by atoms with Gasteiger partial charge >= 0.3 is 0 Å². The highest BCUT2D eigenvalue weighted by atomic mass is 32.2. The van der Waals surface area contributed by atoms with E-state index in [1.165, 1.54) is 13.0 Å². The molecule has 0 radical (unpaired) electrons. The molecule has 24 heavy (non-hydrogen) atoms. The van der Waals surface area contributed by atoms with Gasteiger partial charge < -0.3 is 0 Å². The molecular weight excluding hydrogens is 362 g/mol. The first kappa shape index (κ1) is 18.5. The Morgan fingerprint density at radius 2 is 1.46 bits per heavy atom. The van der Waals surface area contributed by atoms with Gasteiger partial charge in [0.2, 0.25) is 20.0 Å². The second-order valence-corrected chi connectivity index (χ2v) is 8.31. The van der Waals surface area contributed by atoms with Crippen LogP contribution in [0.2, 0.25) is 0 Å². The lowest BCUT2D eigenvalue weighted by Crippen LogP contribution is -2.27. The predicted molar refractivity (Wildman–Crippen MR) is 82.9 cm³/mol. The van der Waals surface area contributed by atoms with Crippen molar-refractivity contribution in [3.05, 3.63) is 59.7 Å². The number of benzene rings is 2. The van der Waals surface area contributed by atoms with E-state index in [9.17, 15) is 25.6 Å². The lowest BCUT2D eigenvalue weighted by atomic mass is 10.1. The Bertz CT molecular complexity index is 959. The van der Waals surface area contributed by atoms with Crippen molar-refractivity contribution in [3.8, 4) is 0 Å². The van der Waals surface area contributed by atoms with Crippen molar-refractivity contribution in [2.75, 3.05) is 0 Å². The molecule has 2 aromatic carbocycles. The smallest absolute Gasteiger partial charge is 0.225 e. The van der Waals surface area contributed by atoms with Gasteiger partial charge in [-0.05, 0) is 48.9 Å². The molecule has 0 bridgehead atoms. The van der Waals surface area contributed by atoms with Crippen LogP contribution in [0.3, 0.4) is 0 Å². The Morgan fingerprint density at radius 3 is 1.96 bits per heavy atom. The molecule has 0 amide bonds. The molecule has 2 rings (SSSR count). The topological polar surface area (TPSA) is 106 Å². The van der Waals surface area contributed by atoms with Crippen LogP contribution in [-0.4, -0.2) is 16.8 Å². The second-order valence-electron chi connectivity index (χ2n) is 5.03. The number of hydrogen-bond donors (Lipinski definition) is 2. The zero-order chi connectivity index (χ0) is 18.1. The van der Waals surface area contributed by atoms with Crippen LogP contribution >= 0.6 is 0 Å². The summed E-state index contributed by atoms with van der Waals surface area (Å²) in [5.41, 5.74) is 0.235. The van der Waals surface area contributed by atoms with Gasteiger partial charge in [-0.25, -0.2) is 35.5 Å². The zero-order valence-corrected chi connectivity index (χ0v) is 14.0. The SMILES string of the molecule is C[C@@H](NS(=O)(=O)c1ccc(S(N)(=O)=O)cc1)c1ccc(F)c(F)c1. The van der Waals surface area contributed by atoms with Crippen molar-refractivity contribution >= 4 is 20.0 Å². The number of rotatable bonds is 5. The number of primary sulfonamides is 1. The van der Waals surface area contributed by atoms with Crippen LogP contribution in [0.25, 0.3) is 0 Å². The standard InChI is InChI=1S/C14H14F2N2O4S2/c1-9(10-2-7-13(15)14(16)8-10)18-24(21,22)12-5-3-11(4-6-12)23(17,19)20/h2-9,18H,1H3,(H2,17,19,20)/t9-/m1/s1. The summed E-state index contributed by atoms with van der Waals surface area (Å²) in [6.45, 7) is 1.46. The molecule has 130 valence electrons. The molecule has 0 unspecified atom stereocenters. The predicted octanol–water partition coefficient (Wildman–Crippen LogP) is 1.65. The average Bonchev–Trinajstić information content (AvgIpc) is 2.49. The Kier molecular flexibility index (Phi) is 5.04. The summed E-state index contributed by atoms with van der Waals surface area (Å²) in [6, 6.07) is 6.51. The highest BCUT2D eigenvalue weighted by molar-refractivity contribution is 7.89. The summed E-state index contributed by atoms with van der Waals surface area (Å²) in [5.74, 6) is -2.12. The van der Waals surface area contributed by atoms with Gasteiger partial charge in [-0.2, -0.15) is 0 Å². The van der Waals surface area contributed by atoms with Gasteiger partial charge in [-0.15, -0.1) is 0 Å². The third kappa shape index (κ3) is 4.15. The van der Waals surface area contributed by atoms with Gasteiger partial charge in [0.15, 0.2) is 11.6 Å². The van der Waals surface area contributed by atoms with E-state index in [1.807, 2.05) is 0 Å². The van der Waals surface area contributed by atoms with E-state index in [1.54, 1.807) is 0 Å². The minimum Gasteiger partial charge on any atom is -0.225 e. The molecule has 0 spiro atoms. The molecule has 0 fully saturated rings. The number of nitrogens with two attached hydrogens (primary N) is 1. The molecule has 3 N–H and O–H groups in total. The van der Waals surface area contributed by atoms with Crippen LogP contribution in [0.15, 0.2) is 52.3 Å². The maximum Gasteiger partial charge on any atom is 0.241 e. The van der Waals surface area contributed by atoms with E-state index >= 15 is 0 Å². The van der Waals surface area contributed by atoms with E-state index in [-0.39, 0.29) is 15.4 Å². The summed E-state index contributed by atoms with van der Waals surface area (Å²) in [7, 11) is -7.93. The Balaban J connectivity index is 2.25. The van der Waals surface area contributed by atoms with E-state index in [4.69, 9.17) is 5.14 Å². The number of halogens is 2. The Hall–Kier alpha value is -1.88. The van der Waals surface area contributed by atoms with Crippen LogP contribution in [0.5, 0.6) is 0 Å². The largest absolute Gasteiger partial charge is 0.241 e. The Morgan fingerprint density at radius 1 is 0.917 bits per heavy atom. The molecule has 0 aliphatic heterocycles. The highest BCUT2D eigenvalue weighted by Crippen LogP contribution is 2.20. The third-order valence-corrected chi connectivity index (χ3v) is 5.72. The van der Waals surface area contributed by atoms with E-state index in [0.717, 1.165) is 36.4 Å². The van der Waals surface area contributed by atoms with Gasteiger partial charge in [-0.3, -0.25) is 0 Å². The fourth-order valence-electron chi connectivity index (χ4n) is 1.96. The monoisotopic (exact) mass is 376 g/mol. The number of hydrogen-bond acceptors (Lipinski definition) is 4. The van der Waals surface area contributed by atoms with E-state index < -0.39 is 37.7 Å². The first-order chi connectivity index (χ1) is 11.0. The van der Waals surface area contributed by atoms with Crippen molar-refractivity contribution < 1.29 is 25.6 Å². The van der Waals surface area contributed by atoms with E-state index in [0.29, 0.717) is 0 Å². The molecular formula is C14H14F2N2O4S2. The molecule has 0 aliphatic rings. The van der Waals surface area contributed by atoms with Crippen molar-refractivity contribution in [1.82, 2.24) is 4.72 Å². The van der Waals surface area contributed by atoms with Crippen LogP contribution < -0.4 is 9.86 Å². The molecule has 0 heterocycles. The summed E-state index contributed by atoms with van der Waals surface area (Å²) in [4.78, 5) is -0.417. The van der Waals surface area contributed by atoms with Gasteiger partial charge in [0.1, 0.15) is 0 Å². The van der Waals surface area contributed by atoms with Crippen molar-refractivity contribution in [2.24, 2.45) is 5.14 Å². The molecule has 0 saturated carbocycles. The van der Waals surface area contributed by atoms with Crippen molar-refractivity contribution in [2.45, 2.75) is 22.8 Å². The third-order valence-electron chi connectivity index (χ3n) is 3.24. The molecule has 0 aromatic heterocycles. The minimum atomic E-state index is -3.99. The summed E-state index contributed by atoms with van der Waals surface area (Å²) < 4.78 is 75.3. The first-order valence-corrected chi connectivity index (χ1v) is 9.64. The fraction of sp³-hybridized carbons (Fsp3) is 0.143. The van der Waals surface area contributed by atoms with Gasteiger partial charge in [0.05, 0.1) is 9.79 Å².